The summed E-state index contributed by atoms with van der Waals surface area (Å²) in [7, 11) is 0. The van der Waals surface area contributed by atoms with Crippen LogP contribution in [-0.4, -0.2) is 11.2 Å². The van der Waals surface area contributed by atoms with Gasteiger partial charge >= 0.3 is 0 Å². The Kier molecular flexibility index (Phi) is 4.92. The molecule has 0 bridgehead atoms. The van der Waals surface area contributed by atoms with Gasteiger partial charge in [0.2, 0.25) is 0 Å². The maximum absolute atomic E-state index is 10.5. The fourth-order valence-electron chi connectivity index (χ4n) is 1.94. The van der Waals surface area contributed by atoms with Gasteiger partial charge in [-0.15, -0.1) is 0 Å². The maximum atomic E-state index is 10.5. The summed E-state index contributed by atoms with van der Waals surface area (Å²) in [6, 6.07) is 12.6. The third-order valence-electron chi connectivity index (χ3n) is 2.82. The molecule has 1 N–H and O–H groups in total. The number of aliphatic hydroxyl groups excluding tert-OH is 1. The summed E-state index contributed by atoms with van der Waals surface area (Å²) in [5.74, 6) is 0.717. The summed E-state index contributed by atoms with van der Waals surface area (Å²) >= 11 is 12.1. The second-order valence-electron chi connectivity index (χ2n) is 4.78. The van der Waals surface area contributed by atoms with Crippen LogP contribution in [0.25, 0.3) is 0 Å². The van der Waals surface area contributed by atoms with E-state index in [2.05, 4.69) is 0 Å². The highest BCUT2D eigenvalue weighted by molar-refractivity contribution is 6.42. The van der Waals surface area contributed by atoms with Crippen molar-refractivity contribution in [2.75, 3.05) is 0 Å². The molecular formula is C16H16Cl2O2. The molecule has 2 aromatic rings. The first-order chi connectivity index (χ1) is 9.49. The molecule has 1 unspecified atom stereocenters. The molecule has 0 heterocycles. The van der Waals surface area contributed by atoms with Gasteiger partial charge in [-0.3, -0.25) is 0 Å². The van der Waals surface area contributed by atoms with Crippen LogP contribution in [0.2, 0.25) is 10.0 Å². The zero-order valence-corrected chi connectivity index (χ0v) is 12.8. The first-order valence-electron chi connectivity index (χ1n) is 6.37. The minimum atomic E-state index is -0.836. The molecule has 0 aliphatic carbocycles. The first-order valence-corrected chi connectivity index (χ1v) is 7.13. The van der Waals surface area contributed by atoms with Crippen LogP contribution in [0.3, 0.4) is 0 Å². The normalized spacial score (nSPS) is 12.5. The molecule has 0 spiro atoms. The van der Waals surface area contributed by atoms with Gasteiger partial charge in [0.25, 0.3) is 0 Å². The molecule has 0 aliphatic rings. The molecule has 4 heteroatoms. The number of ether oxygens (including phenoxy) is 1. The van der Waals surface area contributed by atoms with Crippen LogP contribution in [-0.2, 0) is 0 Å². The summed E-state index contributed by atoms with van der Waals surface area (Å²) < 4.78 is 5.62. The summed E-state index contributed by atoms with van der Waals surface area (Å²) in [5.41, 5.74) is 1.30. The van der Waals surface area contributed by atoms with E-state index < -0.39 is 6.10 Å². The molecule has 0 radical (unpaired) electrons. The number of hydrogen-bond donors (Lipinski definition) is 1. The maximum Gasteiger partial charge on any atom is 0.120 e. The van der Waals surface area contributed by atoms with Crippen molar-refractivity contribution in [1.29, 1.82) is 0 Å². The number of rotatable bonds is 4. The van der Waals surface area contributed by atoms with Gasteiger partial charge in [0.1, 0.15) is 11.9 Å². The van der Waals surface area contributed by atoms with Crippen LogP contribution in [0.5, 0.6) is 5.75 Å². The van der Waals surface area contributed by atoms with Gasteiger partial charge in [-0.1, -0.05) is 47.5 Å². The quantitative estimate of drug-likeness (QED) is 0.873. The molecule has 0 saturated heterocycles. The van der Waals surface area contributed by atoms with E-state index in [-0.39, 0.29) is 6.10 Å². The van der Waals surface area contributed by atoms with Gasteiger partial charge < -0.3 is 9.84 Å². The molecule has 2 nitrogen and oxygen atoms in total. The van der Waals surface area contributed by atoms with Gasteiger partial charge in [0.05, 0.1) is 16.1 Å². The highest BCUT2D eigenvalue weighted by Crippen LogP contribution is 2.34. The highest BCUT2D eigenvalue weighted by Gasteiger charge is 2.16. The molecule has 106 valence electrons. The van der Waals surface area contributed by atoms with Crippen LogP contribution >= 0.6 is 23.2 Å². The van der Waals surface area contributed by atoms with Crippen molar-refractivity contribution in [1.82, 2.24) is 0 Å². The third-order valence-corrected chi connectivity index (χ3v) is 3.66. The van der Waals surface area contributed by atoms with Gasteiger partial charge in [-0.2, -0.15) is 0 Å². The lowest BCUT2D eigenvalue weighted by Crippen LogP contribution is -2.06. The van der Waals surface area contributed by atoms with Crippen molar-refractivity contribution in [3.05, 3.63) is 63.6 Å². The molecule has 0 amide bonds. The highest BCUT2D eigenvalue weighted by atomic mass is 35.5. The van der Waals surface area contributed by atoms with E-state index in [0.29, 0.717) is 21.2 Å². The van der Waals surface area contributed by atoms with Gasteiger partial charge in [0, 0.05) is 5.56 Å². The second kappa shape index (κ2) is 6.49. The predicted octanol–water partition coefficient (Wildman–Crippen LogP) is 4.86. The van der Waals surface area contributed by atoms with Crippen LogP contribution in [0, 0.1) is 0 Å². The molecule has 0 fully saturated rings. The number of hydrogen-bond acceptors (Lipinski definition) is 2. The van der Waals surface area contributed by atoms with E-state index in [9.17, 15) is 5.11 Å². The average Bonchev–Trinajstić information content (AvgIpc) is 2.41. The Morgan fingerprint density at radius 3 is 2.45 bits per heavy atom. The molecule has 0 aliphatic heterocycles. The lowest BCUT2D eigenvalue weighted by molar-refractivity contribution is 0.216. The van der Waals surface area contributed by atoms with E-state index >= 15 is 0 Å². The second-order valence-corrected chi connectivity index (χ2v) is 5.57. The molecule has 20 heavy (non-hydrogen) atoms. The first kappa shape index (κ1) is 15.2. The number of benzene rings is 2. The molecule has 1 atom stereocenters. The predicted molar refractivity (Wildman–Crippen MR) is 82.7 cm³/mol. The Morgan fingerprint density at radius 2 is 1.75 bits per heavy atom. The smallest absolute Gasteiger partial charge is 0.120 e. The Bertz CT molecular complexity index is 597. The fourth-order valence-corrected chi connectivity index (χ4v) is 2.35. The Hall–Kier alpha value is -1.22. The van der Waals surface area contributed by atoms with Gasteiger partial charge in [0.15, 0.2) is 0 Å². The summed E-state index contributed by atoms with van der Waals surface area (Å²) in [6.45, 7) is 3.91. The van der Waals surface area contributed by atoms with Crippen molar-refractivity contribution in [2.24, 2.45) is 0 Å². The van der Waals surface area contributed by atoms with E-state index in [1.807, 2.05) is 38.1 Å². The van der Waals surface area contributed by atoms with Gasteiger partial charge in [-0.25, -0.2) is 0 Å². The monoisotopic (exact) mass is 310 g/mol. The van der Waals surface area contributed by atoms with Crippen LogP contribution in [0.4, 0.5) is 0 Å². The van der Waals surface area contributed by atoms with Crippen LogP contribution in [0.15, 0.2) is 42.5 Å². The van der Waals surface area contributed by atoms with E-state index in [4.69, 9.17) is 27.9 Å². The zero-order chi connectivity index (χ0) is 14.7. The lowest BCUT2D eigenvalue weighted by Gasteiger charge is -2.16. The van der Waals surface area contributed by atoms with E-state index in [1.165, 1.54) is 0 Å². The minimum Gasteiger partial charge on any atom is -0.491 e. The third kappa shape index (κ3) is 3.45. The molecular weight excluding hydrogens is 295 g/mol. The standard InChI is InChI=1S/C16H16Cl2O2/c1-10(2)20-12-6-3-5-11(9-12)16(19)13-7-4-8-14(17)15(13)18/h3-10,16,19H,1-2H3. The Balaban J connectivity index is 2.33. The van der Waals surface area contributed by atoms with Gasteiger partial charge in [-0.05, 0) is 37.6 Å². The lowest BCUT2D eigenvalue weighted by atomic mass is 10.0. The average molecular weight is 311 g/mol. The zero-order valence-electron chi connectivity index (χ0n) is 11.3. The van der Waals surface area contributed by atoms with Crippen LogP contribution in [0.1, 0.15) is 31.1 Å². The number of aliphatic hydroxyl groups is 1. The molecule has 2 aromatic carbocycles. The minimum absolute atomic E-state index is 0.0807. The summed E-state index contributed by atoms with van der Waals surface area (Å²) in [4.78, 5) is 0. The summed E-state index contributed by atoms with van der Waals surface area (Å²) in [5, 5.41) is 11.3. The number of halogens is 2. The van der Waals surface area contributed by atoms with Crippen molar-refractivity contribution in [2.45, 2.75) is 26.1 Å². The van der Waals surface area contributed by atoms with E-state index in [1.54, 1.807) is 18.2 Å². The molecule has 0 saturated carbocycles. The van der Waals surface area contributed by atoms with Crippen molar-refractivity contribution >= 4 is 23.2 Å². The van der Waals surface area contributed by atoms with Crippen molar-refractivity contribution < 1.29 is 9.84 Å². The Morgan fingerprint density at radius 1 is 1.05 bits per heavy atom. The molecule has 2 rings (SSSR count). The summed E-state index contributed by atoms with van der Waals surface area (Å²) in [6.07, 6.45) is -0.755. The van der Waals surface area contributed by atoms with E-state index in [0.717, 1.165) is 5.75 Å². The van der Waals surface area contributed by atoms with Crippen LogP contribution < -0.4 is 4.74 Å². The molecule has 0 aromatic heterocycles. The van der Waals surface area contributed by atoms with Crippen molar-refractivity contribution in [3.8, 4) is 5.75 Å². The SMILES string of the molecule is CC(C)Oc1cccc(C(O)c2cccc(Cl)c2Cl)c1. The topological polar surface area (TPSA) is 29.5 Å². The largest absolute Gasteiger partial charge is 0.491 e. The fraction of sp³-hybridized carbons (Fsp3) is 0.250. The van der Waals surface area contributed by atoms with Crippen molar-refractivity contribution in [3.63, 3.8) is 0 Å². The Labute approximate surface area is 128 Å².